The van der Waals surface area contributed by atoms with Gasteiger partial charge in [0, 0.05) is 21.9 Å². The lowest BCUT2D eigenvalue weighted by Gasteiger charge is -2.10. The number of hydrogen-bond acceptors (Lipinski definition) is 8. The van der Waals surface area contributed by atoms with Crippen molar-refractivity contribution < 1.29 is 4.92 Å². The van der Waals surface area contributed by atoms with E-state index in [2.05, 4.69) is 9.97 Å². The predicted molar refractivity (Wildman–Crippen MR) is 100 cm³/mol. The fraction of sp³-hybridized carbons (Fsp3) is 0.235. The quantitative estimate of drug-likeness (QED) is 0.411. The summed E-state index contributed by atoms with van der Waals surface area (Å²) in [6, 6.07) is 6.17. The molecule has 3 aromatic rings. The van der Waals surface area contributed by atoms with Gasteiger partial charge in [0.1, 0.15) is 16.7 Å². The molecule has 0 amide bonds. The number of nitrogen functional groups attached to an aromatic ring is 1. The summed E-state index contributed by atoms with van der Waals surface area (Å²) in [4.78, 5) is 22.1. The van der Waals surface area contributed by atoms with Crippen LogP contribution in [0.25, 0.3) is 10.2 Å². The summed E-state index contributed by atoms with van der Waals surface area (Å²) in [5.41, 5.74) is 7.58. The lowest BCUT2D eigenvalue weighted by Crippen LogP contribution is -2.01. The molecule has 4 rings (SSSR count). The standard InChI is InChI=1S/C17H13N5O2S2/c18-8-9-7-10(22(23)24)5-6-12(9)26-17-20-15(19)14-11-3-1-2-4-13(11)25-16(14)21-17/h5-7H,1-4H2,(H2,19,20,21). The van der Waals surface area contributed by atoms with E-state index in [1.165, 1.54) is 40.8 Å². The molecule has 0 saturated carbocycles. The minimum atomic E-state index is -0.522. The highest BCUT2D eigenvalue weighted by molar-refractivity contribution is 7.99. The number of aromatic nitrogens is 2. The summed E-state index contributed by atoms with van der Waals surface area (Å²) >= 11 is 2.85. The number of nitrogens with zero attached hydrogens (tertiary/aromatic N) is 4. The summed E-state index contributed by atoms with van der Waals surface area (Å²) in [5.74, 6) is 0.456. The normalized spacial score (nSPS) is 13.3. The molecule has 1 aliphatic rings. The van der Waals surface area contributed by atoms with Crippen LogP contribution >= 0.6 is 23.1 Å². The zero-order valence-electron chi connectivity index (χ0n) is 13.6. The molecule has 0 saturated heterocycles. The maximum absolute atomic E-state index is 10.9. The van der Waals surface area contributed by atoms with Crippen molar-refractivity contribution in [2.45, 2.75) is 35.7 Å². The maximum atomic E-state index is 10.9. The third-order valence-electron chi connectivity index (χ3n) is 4.32. The molecule has 9 heteroatoms. The fourth-order valence-corrected chi connectivity index (χ4v) is 5.27. The number of benzene rings is 1. The molecule has 1 aromatic carbocycles. The van der Waals surface area contributed by atoms with Crippen molar-refractivity contribution in [3.63, 3.8) is 0 Å². The smallest absolute Gasteiger partial charge is 0.270 e. The van der Waals surface area contributed by atoms with Crippen molar-refractivity contribution in [1.82, 2.24) is 9.97 Å². The van der Waals surface area contributed by atoms with Crippen molar-refractivity contribution in [3.8, 4) is 6.07 Å². The Bertz CT molecular complexity index is 1090. The van der Waals surface area contributed by atoms with Gasteiger partial charge in [0.05, 0.1) is 15.9 Å². The Balaban J connectivity index is 1.74. The van der Waals surface area contributed by atoms with Gasteiger partial charge >= 0.3 is 0 Å². The Morgan fingerprint density at radius 3 is 2.88 bits per heavy atom. The summed E-state index contributed by atoms with van der Waals surface area (Å²) in [5, 5.41) is 21.6. The Labute approximate surface area is 157 Å². The average molecular weight is 383 g/mol. The Morgan fingerprint density at radius 1 is 1.31 bits per heavy atom. The molecule has 2 aromatic heterocycles. The number of nitriles is 1. The van der Waals surface area contributed by atoms with E-state index in [9.17, 15) is 15.4 Å². The predicted octanol–water partition coefficient (Wildman–Crippen LogP) is 4.08. The molecule has 130 valence electrons. The van der Waals surface area contributed by atoms with Gasteiger partial charge in [-0.2, -0.15) is 5.26 Å². The lowest BCUT2D eigenvalue weighted by molar-refractivity contribution is -0.384. The minimum Gasteiger partial charge on any atom is -0.383 e. The van der Waals surface area contributed by atoms with Crippen LogP contribution < -0.4 is 5.73 Å². The molecule has 0 bridgehead atoms. The average Bonchev–Trinajstić information content (AvgIpc) is 3.00. The number of nitro benzene ring substituents is 1. The van der Waals surface area contributed by atoms with Crippen LogP contribution in [0.15, 0.2) is 28.3 Å². The molecule has 0 fully saturated rings. The summed E-state index contributed by atoms with van der Waals surface area (Å²) in [6.07, 6.45) is 4.40. The highest BCUT2D eigenvalue weighted by Crippen LogP contribution is 2.39. The monoisotopic (exact) mass is 383 g/mol. The molecule has 0 atom stereocenters. The number of nitro groups is 1. The fourth-order valence-electron chi connectivity index (χ4n) is 3.12. The second kappa shape index (κ2) is 6.55. The number of nitrogens with two attached hydrogens (primary N) is 1. The van der Waals surface area contributed by atoms with Crippen LogP contribution in [-0.2, 0) is 12.8 Å². The molecule has 0 radical (unpaired) electrons. The van der Waals surface area contributed by atoms with E-state index < -0.39 is 4.92 Å². The lowest BCUT2D eigenvalue weighted by atomic mass is 9.97. The van der Waals surface area contributed by atoms with Crippen LogP contribution in [0.3, 0.4) is 0 Å². The number of aryl methyl sites for hydroxylation is 2. The van der Waals surface area contributed by atoms with Crippen LogP contribution in [0.2, 0.25) is 0 Å². The van der Waals surface area contributed by atoms with E-state index in [0.29, 0.717) is 15.9 Å². The van der Waals surface area contributed by atoms with Gasteiger partial charge in [-0.1, -0.05) is 0 Å². The van der Waals surface area contributed by atoms with Crippen LogP contribution in [0, 0.1) is 21.4 Å². The van der Waals surface area contributed by atoms with Crippen LogP contribution in [0.1, 0.15) is 28.8 Å². The second-order valence-corrected chi connectivity index (χ2v) is 8.03. The van der Waals surface area contributed by atoms with Crippen molar-refractivity contribution in [2.24, 2.45) is 0 Å². The second-order valence-electron chi connectivity index (χ2n) is 5.93. The summed E-state index contributed by atoms with van der Waals surface area (Å²) in [7, 11) is 0. The van der Waals surface area contributed by atoms with Crippen molar-refractivity contribution in [1.29, 1.82) is 5.26 Å². The van der Waals surface area contributed by atoms with Gasteiger partial charge in [-0.05, 0) is 49.1 Å². The minimum absolute atomic E-state index is 0.118. The summed E-state index contributed by atoms with van der Waals surface area (Å²) < 4.78 is 0. The Morgan fingerprint density at radius 2 is 2.12 bits per heavy atom. The van der Waals surface area contributed by atoms with Gasteiger partial charge in [0.15, 0.2) is 5.16 Å². The number of anilines is 1. The number of hydrogen-bond donors (Lipinski definition) is 1. The van der Waals surface area contributed by atoms with Gasteiger partial charge in [-0.25, -0.2) is 9.97 Å². The molecule has 0 unspecified atom stereocenters. The van der Waals surface area contributed by atoms with Gasteiger partial charge in [0.2, 0.25) is 0 Å². The van der Waals surface area contributed by atoms with E-state index in [4.69, 9.17) is 5.73 Å². The maximum Gasteiger partial charge on any atom is 0.270 e. The first kappa shape index (κ1) is 16.8. The number of fused-ring (bicyclic) bond motifs is 3. The topological polar surface area (TPSA) is 119 Å². The van der Waals surface area contributed by atoms with E-state index in [0.717, 1.165) is 29.5 Å². The largest absolute Gasteiger partial charge is 0.383 e. The first-order valence-electron chi connectivity index (χ1n) is 8.01. The van der Waals surface area contributed by atoms with Gasteiger partial charge in [-0.15, -0.1) is 11.3 Å². The zero-order valence-corrected chi connectivity index (χ0v) is 15.2. The van der Waals surface area contributed by atoms with Crippen molar-refractivity contribution >= 4 is 44.8 Å². The van der Waals surface area contributed by atoms with Gasteiger partial charge in [-0.3, -0.25) is 10.1 Å². The van der Waals surface area contributed by atoms with E-state index in [-0.39, 0.29) is 11.3 Å². The van der Waals surface area contributed by atoms with E-state index >= 15 is 0 Å². The number of non-ortho nitro benzene ring substituents is 1. The SMILES string of the molecule is N#Cc1cc([N+](=O)[O-])ccc1Sc1nc(N)c2c3c(sc2n1)CCCC3. The zero-order chi connectivity index (χ0) is 18.3. The van der Waals surface area contributed by atoms with Gasteiger partial charge < -0.3 is 5.73 Å². The molecule has 2 heterocycles. The summed E-state index contributed by atoms with van der Waals surface area (Å²) in [6.45, 7) is 0. The third kappa shape index (κ3) is 2.87. The van der Waals surface area contributed by atoms with Crippen molar-refractivity contribution in [3.05, 3.63) is 44.3 Å². The molecule has 2 N–H and O–H groups in total. The molecule has 26 heavy (non-hydrogen) atoms. The van der Waals surface area contributed by atoms with Crippen LogP contribution in [0.5, 0.6) is 0 Å². The van der Waals surface area contributed by atoms with Crippen molar-refractivity contribution in [2.75, 3.05) is 5.73 Å². The molecular weight excluding hydrogens is 370 g/mol. The molecule has 1 aliphatic carbocycles. The Kier molecular flexibility index (Phi) is 4.22. The van der Waals surface area contributed by atoms with Gasteiger partial charge in [0.25, 0.3) is 5.69 Å². The molecule has 7 nitrogen and oxygen atoms in total. The molecule has 0 spiro atoms. The first-order valence-corrected chi connectivity index (χ1v) is 9.64. The van der Waals surface area contributed by atoms with Crippen LogP contribution in [0.4, 0.5) is 11.5 Å². The highest BCUT2D eigenvalue weighted by Gasteiger charge is 2.21. The molecule has 0 aliphatic heterocycles. The first-order chi connectivity index (χ1) is 12.6. The number of thiophene rings is 1. The molecular formula is C17H13N5O2S2. The Hall–Kier alpha value is -2.70. The highest BCUT2D eigenvalue weighted by atomic mass is 32.2. The third-order valence-corrected chi connectivity index (χ3v) is 6.44. The van der Waals surface area contributed by atoms with E-state index in [1.807, 2.05) is 6.07 Å². The number of rotatable bonds is 3. The van der Waals surface area contributed by atoms with E-state index in [1.54, 1.807) is 17.4 Å². The van der Waals surface area contributed by atoms with Crippen LogP contribution in [-0.4, -0.2) is 14.9 Å².